The molecular weight excluding hydrogens is 352 g/mol. The molecule has 0 N–H and O–H groups in total. The molecule has 0 aromatic carbocycles. The summed E-state index contributed by atoms with van der Waals surface area (Å²) in [5, 5.41) is 9.93. The standard InChI is InChI=1S/C22H26N4O2/c1-15(2)22(27)26-11-9-25(10-12-26)21-18(14-23)16-6-3-4-7-17(16)20(24-21)19-8-5-13-28-19/h5,8,13,15H,3-4,6-7,9-12H2,1-2H3. The molecule has 2 aromatic rings. The summed E-state index contributed by atoms with van der Waals surface area (Å²) in [5.74, 6) is 1.70. The molecule has 1 saturated heterocycles. The van der Waals surface area contributed by atoms with Gasteiger partial charge >= 0.3 is 0 Å². The van der Waals surface area contributed by atoms with Gasteiger partial charge in [0.25, 0.3) is 0 Å². The highest BCUT2D eigenvalue weighted by molar-refractivity contribution is 5.78. The number of carbonyl (C=O) groups excluding carboxylic acids is 1. The first-order valence-corrected chi connectivity index (χ1v) is 10.1. The summed E-state index contributed by atoms with van der Waals surface area (Å²) in [4.78, 5) is 21.3. The number of piperazine rings is 1. The molecule has 1 amide bonds. The van der Waals surface area contributed by atoms with Gasteiger partial charge in [-0.1, -0.05) is 13.8 Å². The average molecular weight is 378 g/mol. The van der Waals surface area contributed by atoms with Crippen molar-refractivity contribution in [3.63, 3.8) is 0 Å². The average Bonchev–Trinajstić information content (AvgIpc) is 3.26. The minimum absolute atomic E-state index is 0.00800. The van der Waals surface area contributed by atoms with Crippen LogP contribution in [-0.4, -0.2) is 42.0 Å². The van der Waals surface area contributed by atoms with E-state index in [0.717, 1.165) is 54.1 Å². The van der Waals surface area contributed by atoms with Crippen molar-refractivity contribution in [1.29, 1.82) is 5.26 Å². The number of nitrogens with zero attached hydrogens (tertiary/aromatic N) is 4. The molecule has 2 aliphatic rings. The van der Waals surface area contributed by atoms with E-state index in [1.807, 2.05) is 30.9 Å². The summed E-state index contributed by atoms with van der Waals surface area (Å²) >= 11 is 0. The number of aromatic nitrogens is 1. The summed E-state index contributed by atoms with van der Waals surface area (Å²) in [7, 11) is 0. The monoisotopic (exact) mass is 378 g/mol. The van der Waals surface area contributed by atoms with Gasteiger partial charge in [-0.2, -0.15) is 5.26 Å². The fourth-order valence-electron chi connectivity index (χ4n) is 4.27. The van der Waals surface area contributed by atoms with Crippen LogP contribution < -0.4 is 4.90 Å². The molecule has 0 saturated carbocycles. The topological polar surface area (TPSA) is 73.4 Å². The van der Waals surface area contributed by atoms with Crippen molar-refractivity contribution in [2.75, 3.05) is 31.1 Å². The van der Waals surface area contributed by atoms with Crippen LogP contribution in [0.25, 0.3) is 11.5 Å². The Bertz CT molecular complexity index is 904. The summed E-state index contributed by atoms with van der Waals surface area (Å²) in [6.45, 7) is 6.58. The van der Waals surface area contributed by atoms with Crippen molar-refractivity contribution in [2.24, 2.45) is 5.92 Å². The zero-order chi connectivity index (χ0) is 19.7. The highest BCUT2D eigenvalue weighted by Crippen LogP contribution is 2.36. The molecule has 6 heteroatoms. The number of hydrogen-bond donors (Lipinski definition) is 0. The second-order valence-electron chi connectivity index (χ2n) is 7.88. The molecule has 28 heavy (non-hydrogen) atoms. The highest BCUT2D eigenvalue weighted by atomic mass is 16.3. The molecule has 1 fully saturated rings. The molecule has 0 radical (unpaired) electrons. The van der Waals surface area contributed by atoms with Crippen LogP contribution in [0.5, 0.6) is 0 Å². The van der Waals surface area contributed by atoms with Gasteiger partial charge < -0.3 is 14.2 Å². The lowest BCUT2D eigenvalue weighted by molar-refractivity contribution is -0.134. The summed E-state index contributed by atoms with van der Waals surface area (Å²) < 4.78 is 5.66. The molecule has 1 aliphatic heterocycles. The SMILES string of the molecule is CC(C)C(=O)N1CCN(c2nc(-c3ccco3)c3c(c2C#N)CCCC3)CC1. The molecule has 0 unspecified atom stereocenters. The Hall–Kier alpha value is -2.81. The van der Waals surface area contributed by atoms with Crippen LogP contribution in [0.1, 0.15) is 43.4 Å². The lowest BCUT2D eigenvalue weighted by atomic mass is 9.87. The summed E-state index contributed by atoms with van der Waals surface area (Å²) in [6.07, 6.45) is 5.72. The van der Waals surface area contributed by atoms with Crippen LogP contribution in [0.15, 0.2) is 22.8 Å². The number of nitriles is 1. The number of carbonyl (C=O) groups is 1. The van der Waals surface area contributed by atoms with E-state index < -0.39 is 0 Å². The van der Waals surface area contributed by atoms with E-state index in [1.54, 1.807) is 6.26 Å². The Morgan fingerprint density at radius 3 is 2.50 bits per heavy atom. The van der Waals surface area contributed by atoms with E-state index in [4.69, 9.17) is 9.40 Å². The molecule has 0 bridgehead atoms. The zero-order valence-electron chi connectivity index (χ0n) is 16.6. The van der Waals surface area contributed by atoms with Gasteiger partial charge in [0, 0.05) is 32.1 Å². The fraction of sp³-hybridized carbons (Fsp3) is 0.500. The van der Waals surface area contributed by atoms with Crippen LogP contribution in [-0.2, 0) is 17.6 Å². The number of pyridine rings is 1. The Kier molecular flexibility index (Phi) is 5.08. The highest BCUT2D eigenvalue weighted by Gasteiger charge is 2.29. The number of anilines is 1. The lowest BCUT2D eigenvalue weighted by Gasteiger charge is -2.37. The van der Waals surface area contributed by atoms with E-state index >= 15 is 0 Å². The zero-order valence-corrected chi connectivity index (χ0v) is 16.6. The van der Waals surface area contributed by atoms with Gasteiger partial charge in [-0.3, -0.25) is 4.79 Å². The third-order valence-corrected chi connectivity index (χ3v) is 5.75. The molecule has 0 atom stereocenters. The number of fused-ring (bicyclic) bond motifs is 1. The van der Waals surface area contributed by atoms with E-state index in [2.05, 4.69) is 11.0 Å². The van der Waals surface area contributed by atoms with Crippen LogP contribution in [0.4, 0.5) is 5.82 Å². The van der Waals surface area contributed by atoms with Gasteiger partial charge in [-0.15, -0.1) is 0 Å². The first-order valence-electron chi connectivity index (χ1n) is 10.1. The Labute approximate surface area is 165 Å². The first kappa shape index (κ1) is 18.5. The molecule has 146 valence electrons. The van der Waals surface area contributed by atoms with E-state index in [-0.39, 0.29) is 11.8 Å². The third kappa shape index (κ3) is 3.26. The van der Waals surface area contributed by atoms with E-state index in [1.165, 1.54) is 0 Å². The van der Waals surface area contributed by atoms with Crippen molar-refractivity contribution in [3.8, 4) is 17.5 Å². The maximum Gasteiger partial charge on any atom is 0.225 e. The van der Waals surface area contributed by atoms with Gasteiger partial charge in [-0.05, 0) is 48.9 Å². The molecule has 1 aliphatic carbocycles. The van der Waals surface area contributed by atoms with Gasteiger partial charge in [0.1, 0.15) is 17.6 Å². The molecular formula is C22H26N4O2. The molecule has 4 rings (SSSR count). The van der Waals surface area contributed by atoms with Crippen molar-refractivity contribution >= 4 is 11.7 Å². The van der Waals surface area contributed by atoms with Crippen LogP contribution in [0, 0.1) is 17.2 Å². The van der Waals surface area contributed by atoms with Crippen molar-refractivity contribution in [1.82, 2.24) is 9.88 Å². The predicted molar refractivity (Wildman–Crippen MR) is 107 cm³/mol. The minimum atomic E-state index is 0.00800. The molecule has 0 spiro atoms. The largest absolute Gasteiger partial charge is 0.463 e. The van der Waals surface area contributed by atoms with Crippen LogP contribution >= 0.6 is 0 Å². The maximum atomic E-state index is 12.3. The van der Waals surface area contributed by atoms with Crippen LogP contribution in [0.3, 0.4) is 0 Å². The Balaban J connectivity index is 1.71. The lowest BCUT2D eigenvalue weighted by Crippen LogP contribution is -2.50. The Morgan fingerprint density at radius 1 is 1.18 bits per heavy atom. The van der Waals surface area contributed by atoms with Crippen molar-refractivity contribution < 1.29 is 9.21 Å². The van der Waals surface area contributed by atoms with Gasteiger partial charge in [0.15, 0.2) is 5.76 Å². The maximum absolute atomic E-state index is 12.3. The number of amides is 1. The van der Waals surface area contributed by atoms with Gasteiger partial charge in [-0.25, -0.2) is 4.98 Å². The predicted octanol–water partition coefficient (Wildman–Crippen LogP) is 3.40. The second-order valence-corrected chi connectivity index (χ2v) is 7.88. The number of hydrogen-bond acceptors (Lipinski definition) is 5. The van der Waals surface area contributed by atoms with Gasteiger partial charge in [0.05, 0.1) is 11.8 Å². The van der Waals surface area contributed by atoms with Crippen LogP contribution in [0.2, 0.25) is 0 Å². The smallest absolute Gasteiger partial charge is 0.225 e. The quantitative estimate of drug-likeness (QED) is 0.818. The first-order chi connectivity index (χ1) is 13.6. The third-order valence-electron chi connectivity index (χ3n) is 5.75. The fourth-order valence-corrected chi connectivity index (χ4v) is 4.27. The minimum Gasteiger partial charge on any atom is -0.463 e. The summed E-state index contributed by atoms with van der Waals surface area (Å²) in [5.41, 5.74) is 3.86. The molecule has 3 heterocycles. The molecule has 6 nitrogen and oxygen atoms in total. The normalized spacial score (nSPS) is 16.8. The van der Waals surface area contributed by atoms with Gasteiger partial charge in [0.2, 0.25) is 5.91 Å². The summed E-state index contributed by atoms with van der Waals surface area (Å²) in [6, 6.07) is 6.24. The van der Waals surface area contributed by atoms with E-state index in [9.17, 15) is 10.1 Å². The second kappa shape index (κ2) is 7.67. The number of rotatable bonds is 3. The number of furan rings is 1. The molecule has 2 aromatic heterocycles. The van der Waals surface area contributed by atoms with E-state index in [0.29, 0.717) is 31.7 Å². The van der Waals surface area contributed by atoms with Crippen molar-refractivity contribution in [2.45, 2.75) is 39.5 Å². The van der Waals surface area contributed by atoms with Crippen molar-refractivity contribution in [3.05, 3.63) is 35.1 Å². The Morgan fingerprint density at radius 2 is 1.89 bits per heavy atom.